The van der Waals surface area contributed by atoms with E-state index in [0.717, 1.165) is 10.5 Å². The summed E-state index contributed by atoms with van der Waals surface area (Å²) >= 11 is 3.33. The third-order valence-corrected chi connectivity index (χ3v) is 4.42. The largest absolute Gasteiger partial charge is 0.321 e. The van der Waals surface area contributed by atoms with Gasteiger partial charge in [-0.05, 0) is 60.2 Å². The van der Waals surface area contributed by atoms with Crippen LogP contribution in [0.3, 0.4) is 0 Å². The summed E-state index contributed by atoms with van der Waals surface area (Å²) in [4.78, 5) is 25.2. The number of nitrogens with one attached hydrogen (secondary N) is 2. The molecule has 0 bridgehead atoms. The molecule has 0 radical (unpaired) electrons. The van der Waals surface area contributed by atoms with Crippen molar-refractivity contribution in [3.05, 3.63) is 106 Å². The molecule has 0 aliphatic carbocycles. The van der Waals surface area contributed by atoms with E-state index in [1.165, 1.54) is 48.5 Å². The van der Waals surface area contributed by atoms with Crippen LogP contribution in [-0.4, -0.2) is 11.8 Å². The number of anilines is 1. The summed E-state index contributed by atoms with van der Waals surface area (Å²) in [6.07, 6.45) is 1.46. The van der Waals surface area contributed by atoms with E-state index in [4.69, 9.17) is 0 Å². The third kappa shape index (κ3) is 5.58. The van der Waals surface area contributed by atoms with Crippen molar-refractivity contribution in [1.82, 2.24) is 5.32 Å². The van der Waals surface area contributed by atoms with Gasteiger partial charge < -0.3 is 10.6 Å². The number of rotatable bonds is 5. The molecule has 0 fully saturated rings. The van der Waals surface area contributed by atoms with E-state index < -0.39 is 23.4 Å². The van der Waals surface area contributed by atoms with Crippen molar-refractivity contribution in [3.63, 3.8) is 0 Å². The van der Waals surface area contributed by atoms with Gasteiger partial charge in [0.25, 0.3) is 11.8 Å². The highest BCUT2D eigenvalue weighted by Crippen LogP contribution is 2.15. The van der Waals surface area contributed by atoms with E-state index in [1.54, 1.807) is 24.3 Å². The first-order valence-electron chi connectivity index (χ1n) is 8.52. The zero-order valence-corrected chi connectivity index (χ0v) is 16.5. The van der Waals surface area contributed by atoms with E-state index >= 15 is 0 Å². The molecule has 3 aromatic carbocycles. The van der Waals surface area contributed by atoms with Crippen molar-refractivity contribution in [2.75, 3.05) is 5.32 Å². The van der Waals surface area contributed by atoms with Gasteiger partial charge in [0.1, 0.15) is 17.3 Å². The van der Waals surface area contributed by atoms with Gasteiger partial charge in [-0.3, -0.25) is 9.59 Å². The van der Waals surface area contributed by atoms with Crippen LogP contribution in [0.1, 0.15) is 15.9 Å². The molecule has 0 aliphatic rings. The normalized spacial score (nSPS) is 11.1. The van der Waals surface area contributed by atoms with Gasteiger partial charge in [0.15, 0.2) is 0 Å². The fourth-order valence-corrected chi connectivity index (χ4v) is 2.72. The van der Waals surface area contributed by atoms with Gasteiger partial charge in [-0.2, -0.15) is 0 Å². The predicted molar refractivity (Wildman–Crippen MR) is 111 cm³/mol. The van der Waals surface area contributed by atoms with Crippen LogP contribution in [0.15, 0.2) is 83.0 Å². The number of halogens is 3. The topological polar surface area (TPSA) is 58.2 Å². The molecule has 0 saturated heterocycles. The van der Waals surface area contributed by atoms with Crippen LogP contribution in [-0.2, 0) is 4.79 Å². The Labute approximate surface area is 174 Å². The van der Waals surface area contributed by atoms with E-state index in [0.29, 0.717) is 11.3 Å². The van der Waals surface area contributed by atoms with Crippen LogP contribution >= 0.6 is 15.9 Å². The quantitative estimate of drug-likeness (QED) is 0.522. The van der Waals surface area contributed by atoms with Crippen molar-refractivity contribution in [2.24, 2.45) is 0 Å². The van der Waals surface area contributed by atoms with Gasteiger partial charge in [-0.25, -0.2) is 8.78 Å². The van der Waals surface area contributed by atoms with Gasteiger partial charge in [0.05, 0.1) is 5.56 Å². The summed E-state index contributed by atoms with van der Waals surface area (Å²) in [6.45, 7) is 0. The second-order valence-electron chi connectivity index (χ2n) is 6.00. The number of hydrogen-bond acceptors (Lipinski definition) is 2. The highest BCUT2D eigenvalue weighted by molar-refractivity contribution is 9.10. The summed E-state index contributed by atoms with van der Waals surface area (Å²) in [5.41, 5.74) is 0.707. The lowest BCUT2D eigenvalue weighted by atomic mass is 10.1. The van der Waals surface area contributed by atoms with E-state index in [1.807, 2.05) is 0 Å². The van der Waals surface area contributed by atoms with E-state index in [-0.39, 0.29) is 11.3 Å². The molecule has 3 rings (SSSR count). The zero-order valence-electron chi connectivity index (χ0n) is 15.0. The Kier molecular flexibility index (Phi) is 6.51. The highest BCUT2D eigenvalue weighted by Gasteiger charge is 2.17. The second kappa shape index (κ2) is 9.25. The summed E-state index contributed by atoms with van der Waals surface area (Å²) in [6, 6.07) is 17.7. The Hall–Kier alpha value is -3.32. The lowest BCUT2D eigenvalue weighted by molar-refractivity contribution is -0.113. The number of benzene rings is 3. The molecule has 0 saturated carbocycles. The van der Waals surface area contributed by atoms with Crippen LogP contribution in [0.25, 0.3) is 6.08 Å². The third-order valence-electron chi connectivity index (χ3n) is 3.89. The van der Waals surface area contributed by atoms with E-state index in [2.05, 4.69) is 26.6 Å². The lowest BCUT2D eigenvalue weighted by Gasteiger charge is -2.12. The zero-order chi connectivity index (χ0) is 20.8. The Balaban J connectivity index is 1.89. The SMILES string of the molecule is O=C(Nc1ccc(F)cc1)C(=Cc1ccc(Br)cc1)NC(=O)c1ccccc1F. The van der Waals surface area contributed by atoms with Gasteiger partial charge >= 0.3 is 0 Å². The van der Waals surface area contributed by atoms with Crippen LogP contribution in [0.4, 0.5) is 14.5 Å². The Morgan fingerprint density at radius 1 is 0.862 bits per heavy atom. The molecule has 0 spiro atoms. The summed E-state index contributed by atoms with van der Waals surface area (Å²) in [5.74, 6) is -2.54. The Bertz CT molecular complexity index is 1060. The minimum Gasteiger partial charge on any atom is -0.321 e. The maximum Gasteiger partial charge on any atom is 0.272 e. The van der Waals surface area contributed by atoms with Crippen molar-refractivity contribution >= 4 is 39.5 Å². The minimum atomic E-state index is -0.763. The lowest BCUT2D eigenvalue weighted by Crippen LogP contribution is -2.31. The number of carbonyl (C=O) groups excluding carboxylic acids is 2. The second-order valence-corrected chi connectivity index (χ2v) is 6.92. The van der Waals surface area contributed by atoms with Gasteiger partial charge in [0, 0.05) is 10.2 Å². The first-order chi connectivity index (χ1) is 13.9. The Morgan fingerprint density at radius 3 is 2.17 bits per heavy atom. The summed E-state index contributed by atoms with van der Waals surface area (Å²) in [5, 5.41) is 5.03. The molecule has 0 aliphatic heterocycles. The molecule has 0 atom stereocenters. The fraction of sp³-hybridized carbons (Fsp3) is 0. The maximum absolute atomic E-state index is 13.9. The molecule has 2 amide bonds. The number of hydrogen-bond donors (Lipinski definition) is 2. The summed E-state index contributed by atoms with van der Waals surface area (Å²) < 4.78 is 27.9. The first-order valence-corrected chi connectivity index (χ1v) is 9.32. The average Bonchev–Trinajstić information content (AvgIpc) is 2.71. The van der Waals surface area contributed by atoms with Crippen LogP contribution in [0, 0.1) is 11.6 Å². The van der Waals surface area contributed by atoms with Crippen molar-refractivity contribution < 1.29 is 18.4 Å². The molecule has 0 unspecified atom stereocenters. The van der Waals surface area contributed by atoms with E-state index in [9.17, 15) is 18.4 Å². The average molecular weight is 457 g/mol. The smallest absolute Gasteiger partial charge is 0.272 e. The molecular formula is C22H15BrF2N2O2. The standard InChI is InChI=1S/C22H15BrF2N2O2/c23-15-7-5-14(6-8-15)13-20(22(29)26-17-11-9-16(24)10-12-17)27-21(28)18-3-1-2-4-19(18)25/h1-13H,(H,26,29)(H,27,28). The molecule has 2 N–H and O–H groups in total. The highest BCUT2D eigenvalue weighted by atomic mass is 79.9. The van der Waals surface area contributed by atoms with Gasteiger partial charge in [-0.1, -0.05) is 40.2 Å². The molecule has 0 aromatic heterocycles. The predicted octanol–water partition coefficient (Wildman–Crippen LogP) is 5.14. The van der Waals surface area contributed by atoms with Crippen molar-refractivity contribution in [3.8, 4) is 0 Å². The number of carbonyl (C=O) groups is 2. The minimum absolute atomic E-state index is 0.0927. The molecule has 146 valence electrons. The first kappa shape index (κ1) is 20.4. The molecule has 4 nitrogen and oxygen atoms in total. The monoisotopic (exact) mass is 456 g/mol. The fourth-order valence-electron chi connectivity index (χ4n) is 2.45. The van der Waals surface area contributed by atoms with Gasteiger partial charge in [-0.15, -0.1) is 0 Å². The van der Waals surface area contributed by atoms with Gasteiger partial charge in [0.2, 0.25) is 0 Å². The number of amides is 2. The Morgan fingerprint density at radius 2 is 1.52 bits per heavy atom. The summed E-state index contributed by atoms with van der Waals surface area (Å²) in [7, 11) is 0. The maximum atomic E-state index is 13.9. The molecular weight excluding hydrogens is 442 g/mol. The molecule has 29 heavy (non-hydrogen) atoms. The molecule has 7 heteroatoms. The van der Waals surface area contributed by atoms with Crippen LogP contribution < -0.4 is 10.6 Å². The molecule has 0 heterocycles. The van der Waals surface area contributed by atoms with Crippen LogP contribution in [0.5, 0.6) is 0 Å². The van der Waals surface area contributed by atoms with Crippen LogP contribution in [0.2, 0.25) is 0 Å². The molecule has 3 aromatic rings. The van der Waals surface area contributed by atoms with Crippen molar-refractivity contribution in [1.29, 1.82) is 0 Å². The van der Waals surface area contributed by atoms with Crippen molar-refractivity contribution in [2.45, 2.75) is 0 Å².